The third-order valence-electron chi connectivity index (χ3n) is 2.57. The molecule has 0 saturated carbocycles. The molecule has 2 rings (SSSR count). The van der Waals surface area contributed by atoms with Gasteiger partial charge in [0.25, 0.3) is 0 Å². The maximum atomic E-state index is 11.0. The maximum Gasteiger partial charge on any atom is 0.407 e. The summed E-state index contributed by atoms with van der Waals surface area (Å²) in [6.07, 6.45) is -0.507. The van der Waals surface area contributed by atoms with Crippen molar-refractivity contribution in [1.82, 2.24) is 5.32 Å². The molecule has 0 spiro atoms. The first-order chi connectivity index (χ1) is 8.15. The first kappa shape index (κ1) is 14.2. The van der Waals surface area contributed by atoms with Crippen molar-refractivity contribution in [2.75, 3.05) is 20.8 Å². The minimum Gasteiger partial charge on any atom is -0.507 e. The number of halogens is 1. The molecule has 0 aliphatic carbocycles. The number of phenols is 1. The molecule has 1 amide bonds. The number of ether oxygens (including phenoxy) is 3. The van der Waals surface area contributed by atoms with Gasteiger partial charge in [-0.05, 0) is 0 Å². The Bertz CT molecular complexity index is 451. The molecular weight excluding hydrogens is 262 g/mol. The Hall–Kier alpha value is -1.82. The van der Waals surface area contributed by atoms with E-state index in [0.29, 0.717) is 17.1 Å². The third kappa shape index (κ3) is 2.53. The summed E-state index contributed by atoms with van der Waals surface area (Å²) < 4.78 is 15.0. The van der Waals surface area contributed by atoms with Gasteiger partial charge >= 0.3 is 6.09 Å². The molecule has 0 bridgehead atoms. The number of methoxy groups -OCH3 is 2. The topological polar surface area (TPSA) is 77.0 Å². The van der Waals surface area contributed by atoms with Crippen LogP contribution in [0, 0.1) is 0 Å². The van der Waals surface area contributed by atoms with Crippen LogP contribution >= 0.6 is 12.4 Å². The van der Waals surface area contributed by atoms with E-state index < -0.39 is 12.1 Å². The molecular formula is C11H14ClNO5. The van der Waals surface area contributed by atoms with Gasteiger partial charge in [-0.15, -0.1) is 12.4 Å². The standard InChI is InChI=1S/C11H13NO5.ClH/c1-15-6-3-8(13)10(9(4-6)16-2)7-5-17-11(14)12-7;/h3-4,7,13H,5H2,1-2H3,(H,12,14);1H/t7-;/m0./s1. The Morgan fingerprint density at radius 3 is 2.61 bits per heavy atom. The Morgan fingerprint density at radius 1 is 1.39 bits per heavy atom. The molecule has 1 fully saturated rings. The number of nitrogens with one attached hydrogen (secondary N) is 1. The number of benzene rings is 1. The molecule has 0 radical (unpaired) electrons. The average Bonchev–Trinajstić information content (AvgIpc) is 2.74. The van der Waals surface area contributed by atoms with Gasteiger partial charge in [0.1, 0.15) is 23.9 Å². The molecule has 1 aromatic carbocycles. The van der Waals surface area contributed by atoms with Gasteiger partial charge in [0.2, 0.25) is 0 Å². The third-order valence-corrected chi connectivity index (χ3v) is 2.57. The first-order valence-electron chi connectivity index (χ1n) is 5.04. The van der Waals surface area contributed by atoms with Gasteiger partial charge in [-0.1, -0.05) is 0 Å². The number of cyclic esters (lactones) is 1. The van der Waals surface area contributed by atoms with E-state index in [-0.39, 0.29) is 24.8 Å². The van der Waals surface area contributed by atoms with E-state index >= 15 is 0 Å². The van der Waals surface area contributed by atoms with Crippen molar-refractivity contribution in [2.24, 2.45) is 0 Å². The van der Waals surface area contributed by atoms with Gasteiger partial charge in [0.15, 0.2) is 0 Å². The lowest BCUT2D eigenvalue weighted by Gasteiger charge is -2.15. The molecule has 1 aliphatic rings. The number of hydrogen-bond acceptors (Lipinski definition) is 5. The van der Waals surface area contributed by atoms with E-state index in [0.717, 1.165) is 0 Å². The lowest BCUT2D eigenvalue weighted by atomic mass is 10.1. The first-order valence-corrected chi connectivity index (χ1v) is 5.04. The molecule has 0 aromatic heterocycles. The predicted molar refractivity (Wildman–Crippen MR) is 65.7 cm³/mol. The van der Waals surface area contributed by atoms with Crippen molar-refractivity contribution in [3.63, 3.8) is 0 Å². The SMILES string of the molecule is COc1cc(O)c([C@@H]2COC(=O)N2)c(OC)c1.Cl. The summed E-state index contributed by atoms with van der Waals surface area (Å²) in [6.45, 7) is 0.162. The highest BCUT2D eigenvalue weighted by Gasteiger charge is 2.29. The summed E-state index contributed by atoms with van der Waals surface area (Å²) in [7, 11) is 2.98. The largest absolute Gasteiger partial charge is 0.507 e. The Kier molecular flexibility index (Phi) is 4.49. The van der Waals surface area contributed by atoms with Crippen molar-refractivity contribution in [2.45, 2.75) is 6.04 Å². The summed E-state index contributed by atoms with van der Waals surface area (Å²) in [4.78, 5) is 11.0. The van der Waals surface area contributed by atoms with Gasteiger partial charge in [-0.2, -0.15) is 0 Å². The van der Waals surface area contributed by atoms with Crippen LogP contribution < -0.4 is 14.8 Å². The van der Waals surface area contributed by atoms with Crippen molar-refractivity contribution in [1.29, 1.82) is 0 Å². The fourth-order valence-corrected chi connectivity index (χ4v) is 1.76. The van der Waals surface area contributed by atoms with Crippen LogP contribution in [0.4, 0.5) is 4.79 Å². The predicted octanol–water partition coefficient (Wildman–Crippen LogP) is 1.61. The van der Waals surface area contributed by atoms with Crippen molar-refractivity contribution in [3.05, 3.63) is 17.7 Å². The molecule has 1 atom stereocenters. The number of rotatable bonds is 3. The van der Waals surface area contributed by atoms with Crippen LogP contribution in [0.2, 0.25) is 0 Å². The maximum absolute atomic E-state index is 11.0. The van der Waals surface area contributed by atoms with E-state index in [4.69, 9.17) is 14.2 Å². The lowest BCUT2D eigenvalue weighted by Crippen LogP contribution is -2.19. The van der Waals surface area contributed by atoms with Crippen LogP contribution in [-0.2, 0) is 4.74 Å². The van der Waals surface area contributed by atoms with Crippen LogP contribution in [0.3, 0.4) is 0 Å². The summed E-state index contributed by atoms with van der Waals surface area (Å²) in [5.41, 5.74) is 0.485. The minimum absolute atomic E-state index is 0. The Labute approximate surface area is 110 Å². The van der Waals surface area contributed by atoms with Crippen molar-refractivity contribution < 1.29 is 24.1 Å². The van der Waals surface area contributed by atoms with E-state index in [1.807, 2.05) is 0 Å². The van der Waals surface area contributed by atoms with Crippen LogP contribution in [0.25, 0.3) is 0 Å². The van der Waals surface area contributed by atoms with Crippen LogP contribution in [0.15, 0.2) is 12.1 Å². The highest BCUT2D eigenvalue weighted by molar-refractivity contribution is 5.85. The van der Waals surface area contributed by atoms with E-state index in [2.05, 4.69) is 5.32 Å². The summed E-state index contributed by atoms with van der Waals surface area (Å²) in [6, 6.07) is 2.69. The number of carbonyl (C=O) groups excluding carboxylic acids is 1. The average molecular weight is 276 g/mol. The molecule has 7 heteroatoms. The van der Waals surface area contributed by atoms with E-state index in [1.54, 1.807) is 6.07 Å². The smallest absolute Gasteiger partial charge is 0.407 e. The number of amides is 1. The zero-order chi connectivity index (χ0) is 12.4. The summed E-state index contributed by atoms with van der Waals surface area (Å²) >= 11 is 0. The minimum atomic E-state index is -0.507. The number of alkyl carbamates (subject to hydrolysis) is 1. The molecule has 2 N–H and O–H groups in total. The van der Waals surface area contributed by atoms with Gasteiger partial charge in [-0.25, -0.2) is 4.79 Å². The lowest BCUT2D eigenvalue weighted by molar-refractivity contribution is 0.176. The quantitative estimate of drug-likeness (QED) is 0.876. The molecule has 1 aliphatic heterocycles. The fraction of sp³-hybridized carbons (Fsp3) is 0.364. The highest BCUT2D eigenvalue weighted by atomic mass is 35.5. The normalized spacial score (nSPS) is 17.4. The Morgan fingerprint density at radius 2 is 2.11 bits per heavy atom. The highest BCUT2D eigenvalue weighted by Crippen LogP contribution is 2.38. The zero-order valence-corrected chi connectivity index (χ0v) is 10.7. The van der Waals surface area contributed by atoms with Gasteiger partial charge in [0, 0.05) is 12.1 Å². The number of phenolic OH excluding ortho intramolecular Hbond substituents is 1. The van der Waals surface area contributed by atoms with Gasteiger partial charge in [0.05, 0.1) is 25.8 Å². The zero-order valence-electron chi connectivity index (χ0n) is 9.93. The summed E-state index contributed by atoms with van der Waals surface area (Å²) in [5.74, 6) is 0.919. The molecule has 100 valence electrons. The van der Waals surface area contributed by atoms with E-state index in [1.165, 1.54) is 20.3 Å². The van der Waals surface area contributed by atoms with Crippen LogP contribution in [-0.4, -0.2) is 32.0 Å². The van der Waals surface area contributed by atoms with E-state index in [9.17, 15) is 9.90 Å². The second-order valence-corrected chi connectivity index (χ2v) is 3.56. The van der Waals surface area contributed by atoms with Crippen molar-refractivity contribution >= 4 is 18.5 Å². The fourth-order valence-electron chi connectivity index (χ4n) is 1.76. The number of aromatic hydroxyl groups is 1. The molecule has 1 saturated heterocycles. The second-order valence-electron chi connectivity index (χ2n) is 3.56. The van der Waals surface area contributed by atoms with Gasteiger partial charge < -0.3 is 24.6 Å². The molecule has 1 heterocycles. The van der Waals surface area contributed by atoms with Crippen molar-refractivity contribution in [3.8, 4) is 17.2 Å². The monoisotopic (exact) mass is 275 g/mol. The number of hydrogen-bond donors (Lipinski definition) is 2. The molecule has 0 unspecified atom stereocenters. The van der Waals surface area contributed by atoms with Crippen LogP contribution in [0.1, 0.15) is 11.6 Å². The van der Waals surface area contributed by atoms with Gasteiger partial charge in [-0.3, -0.25) is 0 Å². The second kappa shape index (κ2) is 5.68. The molecule has 1 aromatic rings. The molecule has 6 nitrogen and oxygen atoms in total. The van der Waals surface area contributed by atoms with Crippen LogP contribution in [0.5, 0.6) is 17.2 Å². The summed E-state index contributed by atoms with van der Waals surface area (Å²) in [5, 5.41) is 12.5. The molecule has 18 heavy (non-hydrogen) atoms. The number of carbonyl (C=O) groups is 1. The Balaban J connectivity index is 0.00000162.